The first-order valence-electron chi connectivity index (χ1n) is 8.99. The number of amides is 2. The molecule has 0 atom stereocenters. The highest BCUT2D eigenvalue weighted by Gasteiger charge is 2.12. The summed E-state index contributed by atoms with van der Waals surface area (Å²) in [7, 11) is 1.52. The van der Waals surface area contributed by atoms with Crippen LogP contribution >= 0.6 is 0 Å². The molecular formula is C21H26N2O4. The Bertz CT molecular complexity index is 772. The van der Waals surface area contributed by atoms with Crippen LogP contribution in [0.1, 0.15) is 41.3 Å². The molecule has 2 amide bonds. The second kappa shape index (κ2) is 10.2. The molecule has 2 aromatic rings. The van der Waals surface area contributed by atoms with Gasteiger partial charge in [-0.15, -0.1) is 0 Å². The van der Waals surface area contributed by atoms with E-state index in [1.165, 1.54) is 7.11 Å². The van der Waals surface area contributed by atoms with Crippen molar-refractivity contribution >= 4 is 11.8 Å². The molecule has 0 radical (unpaired) electrons. The molecule has 0 bridgehead atoms. The van der Waals surface area contributed by atoms with Crippen molar-refractivity contribution in [2.45, 2.75) is 33.1 Å². The average Bonchev–Trinajstić information content (AvgIpc) is 2.68. The maximum Gasteiger partial charge on any atom is 0.269 e. The standard InChI is InChI=1S/C21H26N2O4/c1-4-5-12-27-18-11-10-17(14-19(18)26-3)21(25)23-22-20(24)13-16-8-6-15(2)7-9-16/h6-11,14H,4-5,12-13H2,1-3H3,(H,22,24)(H,23,25). The van der Waals surface area contributed by atoms with Gasteiger partial charge in [0.1, 0.15) is 0 Å². The molecule has 144 valence electrons. The van der Waals surface area contributed by atoms with Crippen molar-refractivity contribution in [3.05, 3.63) is 59.2 Å². The van der Waals surface area contributed by atoms with Gasteiger partial charge in [0.25, 0.3) is 5.91 Å². The molecule has 2 N–H and O–H groups in total. The number of hydrazine groups is 1. The summed E-state index contributed by atoms with van der Waals surface area (Å²) < 4.78 is 10.9. The fourth-order valence-corrected chi connectivity index (χ4v) is 2.39. The van der Waals surface area contributed by atoms with Crippen LogP contribution in [0.2, 0.25) is 0 Å². The Morgan fingerprint density at radius 3 is 2.41 bits per heavy atom. The zero-order valence-electron chi connectivity index (χ0n) is 16.0. The van der Waals surface area contributed by atoms with Crippen molar-refractivity contribution in [2.24, 2.45) is 0 Å². The van der Waals surface area contributed by atoms with Gasteiger partial charge in [0, 0.05) is 5.56 Å². The summed E-state index contributed by atoms with van der Waals surface area (Å²) in [5, 5.41) is 0. The van der Waals surface area contributed by atoms with Gasteiger partial charge in [-0.1, -0.05) is 43.2 Å². The topological polar surface area (TPSA) is 76.7 Å². The number of hydrogen-bond donors (Lipinski definition) is 2. The molecule has 0 spiro atoms. The molecule has 0 aliphatic heterocycles. The molecule has 0 aliphatic carbocycles. The third kappa shape index (κ3) is 6.33. The quantitative estimate of drug-likeness (QED) is 0.553. The monoisotopic (exact) mass is 370 g/mol. The Hall–Kier alpha value is -3.02. The van der Waals surface area contributed by atoms with Crippen LogP contribution < -0.4 is 20.3 Å². The largest absolute Gasteiger partial charge is 0.493 e. The number of rotatable bonds is 8. The predicted octanol–water partition coefficient (Wildman–Crippen LogP) is 3.19. The molecule has 2 rings (SSSR count). The van der Waals surface area contributed by atoms with E-state index in [2.05, 4.69) is 17.8 Å². The van der Waals surface area contributed by atoms with Crippen LogP contribution in [-0.4, -0.2) is 25.5 Å². The summed E-state index contributed by atoms with van der Waals surface area (Å²) >= 11 is 0. The van der Waals surface area contributed by atoms with E-state index >= 15 is 0 Å². The summed E-state index contributed by atoms with van der Waals surface area (Å²) in [6.07, 6.45) is 2.16. The highest BCUT2D eigenvalue weighted by Crippen LogP contribution is 2.28. The molecule has 0 fully saturated rings. The molecular weight excluding hydrogens is 344 g/mol. The Morgan fingerprint density at radius 1 is 1.00 bits per heavy atom. The van der Waals surface area contributed by atoms with Gasteiger partial charge >= 0.3 is 0 Å². The predicted molar refractivity (Wildman–Crippen MR) is 104 cm³/mol. The van der Waals surface area contributed by atoms with Gasteiger partial charge in [0.2, 0.25) is 5.91 Å². The van der Waals surface area contributed by atoms with Gasteiger partial charge in [-0.3, -0.25) is 20.4 Å². The van der Waals surface area contributed by atoms with Crippen LogP contribution in [0.4, 0.5) is 0 Å². The maximum absolute atomic E-state index is 12.3. The molecule has 6 heteroatoms. The van der Waals surface area contributed by atoms with Crippen LogP contribution in [0, 0.1) is 6.92 Å². The van der Waals surface area contributed by atoms with E-state index in [1.807, 2.05) is 31.2 Å². The van der Waals surface area contributed by atoms with E-state index in [1.54, 1.807) is 18.2 Å². The zero-order valence-corrected chi connectivity index (χ0v) is 16.0. The van der Waals surface area contributed by atoms with Crippen molar-refractivity contribution in [2.75, 3.05) is 13.7 Å². The molecule has 0 aliphatic rings. The number of carbonyl (C=O) groups excluding carboxylic acids is 2. The van der Waals surface area contributed by atoms with Gasteiger partial charge in [0.05, 0.1) is 20.1 Å². The van der Waals surface area contributed by atoms with E-state index in [-0.39, 0.29) is 12.3 Å². The normalized spacial score (nSPS) is 10.2. The molecule has 0 saturated carbocycles. The molecule has 0 heterocycles. The van der Waals surface area contributed by atoms with Crippen LogP contribution in [0.3, 0.4) is 0 Å². The summed E-state index contributed by atoms with van der Waals surface area (Å²) in [5.41, 5.74) is 7.22. The lowest BCUT2D eigenvalue weighted by Crippen LogP contribution is -2.42. The highest BCUT2D eigenvalue weighted by molar-refractivity contribution is 5.96. The van der Waals surface area contributed by atoms with Crippen molar-refractivity contribution in [3.8, 4) is 11.5 Å². The zero-order chi connectivity index (χ0) is 19.6. The van der Waals surface area contributed by atoms with Gasteiger partial charge in [0.15, 0.2) is 11.5 Å². The SMILES string of the molecule is CCCCOc1ccc(C(=O)NNC(=O)Cc2ccc(C)cc2)cc1OC. The average molecular weight is 370 g/mol. The second-order valence-electron chi connectivity index (χ2n) is 6.23. The lowest BCUT2D eigenvalue weighted by atomic mass is 10.1. The Kier molecular flexibility index (Phi) is 7.67. The van der Waals surface area contributed by atoms with Crippen LogP contribution in [0.25, 0.3) is 0 Å². The van der Waals surface area contributed by atoms with Gasteiger partial charge in [-0.25, -0.2) is 0 Å². The number of methoxy groups -OCH3 is 1. The molecule has 2 aromatic carbocycles. The van der Waals surface area contributed by atoms with Crippen LogP contribution in [-0.2, 0) is 11.2 Å². The Balaban J connectivity index is 1.90. The third-order valence-corrected chi connectivity index (χ3v) is 3.98. The lowest BCUT2D eigenvalue weighted by molar-refractivity contribution is -0.121. The highest BCUT2D eigenvalue weighted by atomic mass is 16.5. The van der Waals surface area contributed by atoms with Crippen molar-refractivity contribution in [1.29, 1.82) is 0 Å². The molecule has 0 aromatic heterocycles. The number of carbonyl (C=O) groups is 2. The molecule has 0 unspecified atom stereocenters. The van der Waals surface area contributed by atoms with E-state index in [0.29, 0.717) is 23.7 Å². The van der Waals surface area contributed by atoms with E-state index in [0.717, 1.165) is 24.0 Å². The number of ether oxygens (including phenoxy) is 2. The Morgan fingerprint density at radius 2 is 1.74 bits per heavy atom. The Labute approximate surface area is 159 Å². The minimum atomic E-state index is -0.425. The summed E-state index contributed by atoms with van der Waals surface area (Å²) in [6, 6.07) is 12.6. The minimum absolute atomic E-state index is 0.189. The fraction of sp³-hybridized carbons (Fsp3) is 0.333. The van der Waals surface area contributed by atoms with Crippen LogP contribution in [0.5, 0.6) is 11.5 Å². The van der Waals surface area contributed by atoms with Crippen molar-refractivity contribution in [3.63, 3.8) is 0 Å². The number of benzene rings is 2. The molecule has 0 saturated heterocycles. The smallest absolute Gasteiger partial charge is 0.269 e. The lowest BCUT2D eigenvalue weighted by Gasteiger charge is -2.12. The minimum Gasteiger partial charge on any atom is -0.493 e. The number of unbranched alkanes of at least 4 members (excludes halogenated alkanes) is 1. The first-order chi connectivity index (χ1) is 13.0. The fourth-order valence-electron chi connectivity index (χ4n) is 2.39. The number of hydrogen-bond acceptors (Lipinski definition) is 4. The van der Waals surface area contributed by atoms with Gasteiger partial charge < -0.3 is 9.47 Å². The molecule has 6 nitrogen and oxygen atoms in total. The number of aryl methyl sites for hydroxylation is 1. The van der Waals surface area contributed by atoms with Crippen molar-refractivity contribution < 1.29 is 19.1 Å². The first-order valence-corrected chi connectivity index (χ1v) is 8.99. The van der Waals surface area contributed by atoms with Crippen LogP contribution in [0.15, 0.2) is 42.5 Å². The summed E-state index contributed by atoms with van der Waals surface area (Å²) in [4.78, 5) is 24.3. The second-order valence-corrected chi connectivity index (χ2v) is 6.23. The van der Waals surface area contributed by atoms with Gasteiger partial charge in [-0.2, -0.15) is 0 Å². The van der Waals surface area contributed by atoms with E-state index in [9.17, 15) is 9.59 Å². The van der Waals surface area contributed by atoms with Gasteiger partial charge in [-0.05, 0) is 37.1 Å². The maximum atomic E-state index is 12.3. The molecule has 27 heavy (non-hydrogen) atoms. The third-order valence-electron chi connectivity index (χ3n) is 3.98. The van der Waals surface area contributed by atoms with E-state index < -0.39 is 5.91 Å². The van der Waals surface area contributed by atoms with Crippen molar-refractivity contribution in [1.82, 2.24) is 10.9 Å². The first kappa shape index (κ1) is 20.3. The number of nitrogens with one attached hydrogen (secondary N) is 2. The summed E-state index contributed by atoms with van der Waals surface area (Å²) in [5.74, 6) is 0.347. The van der Waals surface area contributed by atoms with E-state index in [4.69, 9.17) is 9.47 Å². The summed E-state index contributed by atoms with van der Waals surface area (Å²) in [6.45, 7) is 4.66.